The first kappa shape index (κ1) is 10.9. The zero-order chi connectivity index (χ0) is 11.1. The number of carboxylic acid groups (broad SMARTS) is 1. The van der Waals surface area contributed by atoms with Crippen LogP contribution < -0.4 is 0 Å². The van der Waals surface area contributed by atoms with Gasteiger partial charge >= 0.3 is 5.97 Å². The van der Waals surface area contributed by atoms with Crippen LogP contribution in [0.3, 0.4) is 0 Å². The Hall–Kier alpha value is -0.610. The largest absolute Gasteiger partial charge is 0.480 e. The zero-order valence-electron chi connectivity index (χ0n) is 9.40. The summed E-state index contributed by atoms with van der Waals surface area (Å²) in [6.07, 6.45) is 2.86. The van der Waals surface area contributed by atoms with Gasteiger partial charge in [0.15, 0.2) is 0 Å². The highest BCUT2D eigenvalue weighted by Gasteiger charge is 2.48. The SMILES string of the molecule is CC1OCCC1N1CCCC1(C)C(=O)O. The lowest BCUT2D eigenvalue weighted by atomic mass is 9.96. The van der Waals surface area contributed by atoms with Gasteiger partial charge in [0.1, 0.15) is 5.54 Å². The van der Waals surface area contributed by atoms with Crippen LogP contribution in [0.15, 0.2) is 0 Å². The number of hydrogen-bond donors (Lipinski definition) is 1. The maximum Gasteiger partial charge on any atom is 0.323 e. The van der Waals surface area contributed by atoms with E-state index in [9.17, 15) is 9.90 Å². The molecule has 0 amide bonds. The van der Waals surface area contributed by atoms with Gasteiger partial charge in [-0.15, -0.1) is 0 Å². The van der Waals surface area contributed by atoms with Crippen molar-refractivity contribution in [3.05, 3.63) is 0 Å². The molecular formula is C11H19NO3. The summed E-state index contributed by atoms with van der Waals surface area (Å²) in [5.74, 6) is -0.695. The lowest BCUT2D eigenvalue weighted by Crippen LogP contribution is -2.54. The molecule has 2 rings (SSSR count). The van der Waals surface area contributed by atoms with Gasteiger partial charge in [-0.25, -0.2) is 0 Å². The summed E-state index contributed by atoms with van der Waals surface area (Å²) in [6.45, 7) is 5.53. The average Bonchev–Trinajstić information content (AvgIpc) is 2.72. The van der Waals surface area contributed by atoms with Gasteiger partial charge in [-0.2, -0.15) is 0 Å². The van der Waals surface area contributed by atoms with Crippen molar-refractivity contribution in [3.63, 3.8) is 0 Å². The molecule has 0 bridgehead atoms. The molecule has 86 valence electrons. The summed E-state index contributed by atoms with van der Waals surface area (Å²) in [5, 5.41) is 9.31. The van der Waals surface area contributed by atoms with Crippen molar-refractivity contribution in [2.45, 2.75) is 50.8 Å². The molecule has 1 N–H and O–H groups in total. The highest BCUT2D eigenvalue weighted by atomic mass is 16.5. The third-order valence-electron chi connectivity index (χ3n) is 3.89. The second-order valence-corrected chi connectivity index (χ2v) is 4.81. The van der Waals surface area contributed by atoms with Gasteiger partial charge in [0.2, 0.25) is 0 Å². The number of likely N-dealkylation sites (tertiary alicyclic amines) is 1. The molecule has 0 aromatic rings. The van der Waals surface area contributed by atoms with Crippen LogP contribution in [0.5, 0.6) is 0 Å². The summed E-state index contributed by atoms with van der Waals surface area (Å²) in [4.78, 5) is 13.4. The van der Waals surface area contributed by atoms with Crippen molar-refractivity contribution in [2.75, 3.05) is 13.2 Å². The summed E-state index contributed by atoms with van der Waals surface area (Å²) < 4.78 is 5.52. The molecular weight excluding hydrogens is 194 g/mol. The molecule has 2 saturated heterocycles. The van der Waals surface area contributed by atoms with Crippen LogP contribution in [-0.2, 0) is 9.53 Å². The Morgan fingerprint density at radius 1 is 1.60 bits per heavy atom. The number of carboxylic acids is 1. The Bertz CT molecular complexity index is 269. The summed E-state index contributed by atoms with van der Waals surface area (Å²) in [5.41, 5.74) is -0.674. The number of aliphatic carboxylic acids is 1. The Kier molecular flexibility index (Phi) is 2.73. The average molecular weight is 213 g/mol. The lowest BCUT2D eigenvalue weighted by molar-refractivity contribution is -0.150. The van der Waals surface area contributed by atoms with E-state index in [1.807, 2.05) is 13.8 Å². The topological polar surface area (TPSA) is 49.8 Å². The van der Waals surface area contributed by atoms with Crippen LogP contribution in [0.2, 0.25) is 0 Å². The normalized spacial score (nSPS) is 42.3. The van der Waals surface area contributed by atoms with Gasteiger partial charge in [0.25, 0.3) is 0 Å². The van der Waals surface area contributed by atoms with Crippen LogP contribution in [0.1, 0.15) is 33.1 Å². The van der Waals surface area contributed by atoms with Crippen molar-refractivity contribution in [1.29, 1.82) is 0 Å². The zero-order valence-corrected chi connectivity index (χ0v) is 9.40. The van der Waals surface area contributed by atoms with Crippen molar-refractivity contribution < 1.29 is 14.6 Å². The molecule has 0 spiro atoms. The summed E-state index contributed by atoms with van der Waals surface area (Å²) in [6, 6.07) is 0.286. The second kappa shape index (κ2) is 3.76. The fourth-order valence-corrected chi connectivity index (χ4v) is 2.88. The van der Waals surface area contributed by atoms with Crippen molar-refractivity contribution in [3.8, 4) is 0 Å². The van der Waals surface area contributed by atoms with E-state index in [0.717, 1.165) is 32.4 Å². The lowest BCUT2D eigenvalue weighted by Gasteiger charge is -2.37. The Labute approximate surface area is 90.2 Å². The minimum atomic E-state index is -0.695. The van der Waals surface area contributed by atoms with Crippen LogP contribution in [0, 0.1) is 0 Å². The van der Waals surface area contributed by atoms with Gasteiger partial charge in [-0.1, -0.05) is 0 Å². The van der Waals surface area contributed by atoms with E-state index in [1.54, 1.807) is 0 Å². The molecule has 2 aliphatic heterocycles. The molecule has 0 aliphatic carbocycles. The molecule has 4 heteroatoms. The van der Waals surface area contributed by atoms with E-state index in [-0.39, 0.29) is 12.1 Å². The Morgan fingerprint density at radius 3 is 2.87 bits per heavy atom. The molecule has 3 atom stereocenters. The molecule has 3 unspecified atom stereocenters. The van der Waals surface area contributed by atoms with E-state index in [0.29, 0.717) is 0 Å². The third-order valence-corrected chi connectivity index (χ3v) is 3.89. The van der Waals surface area contributed by atoms with Crippen molar-refractivity contribution in [2.24, 2.45) is 0 Å². The van der Waals surface area contributed by atoms with Crippen LogP contribution in [0.4, 0.5) is 0 Å². The maximum atomic E-state index is 11.3. The van der Waals surface area contributed by atoms with E-state index in [1.165, 1.54) is 0 Å². The molecule has 15 heavy (non-hydrogen) atoms. The summed E-state index contributed by atoms with van der Waals surface area (Å²) in [7, 11) is 0. The highest BCUT2D eigenvalue weighted by Crippen LogP contribution is 2.35. The number of rotatable bonds is 2. The Balaban J connectivity index is 2.17. The molecule has 0 saturated carbocycles. The quantitative estimate of drug-likeness (QED) is 0.746. The first-order chi connectivity index (χ1) is 7.05. The van der Waals surface area contributed by atoms with Gasteiger partial charge in [-0.05, 0) is 39.7 Å². The predicted molar refractivity (Wildman–Crippen MR) is 55.8 cm³/mol. The van der Waals surface area contributed by atoms with E-state index < -0.39 is 11.5 Å². The van der Waals surface area contributed by atoms with Gasteiger partial charge in [-0.3, -0.25) is 9.69 Å². The minimum absolute atomic E-state index is 0.168. The number of nitrogens with zero attached hydrogens (tertiary/aromatic N) is 1. The standard InChI is InChI=1S/C11H19NO3/c1-8-9(4-7-15-8)12-6-3-5-11(12,2)10(13)14/h8-9H,3-7H2,1-2H3,(H,13,14). The maximum absolute atomic E-state index is 11.3. The molecule has 2 aliphatic rings. The van der Waals surface area contributed by atoms with Crippen LogP contribution in [-0.4, -0.2) is 46.8 Å². The fraction of sp³-hybridized carbons (Fsp3) is 0.909. The smallest absolute Gasteiger partial charge is 0.323 e. The first-order valence-electron chi connectivity index (χ1n) is 5.67. The van der Waals surface area contributed by atoms with E-state index in [4.69, 9.17) is 4.74 Å². The van der Waals surface area contributed by atoms with E-state index in [2.05, 4.69) is 4.90 Å². The van der Waals surface area contributed by atoms with Crippen molar-refractivity contribution in [1.82, 2.24) is 4.90 Å². The summed E-state index contributed by atoms with van der Waals surface area (Å²) >= 11 is 0. The number of carbonyl (C=O) groups is 1. The van der Waals surface area contributed by atoms with Gasteiger partial charge in [0, 0.05) is 12.6 Å². The van der Waals surface area contributed by atoms with Crippen LogP contribution in [0.25, 0.3) is 0 Å². The second-order valence-electron chi connectivity index (χ2n) is 4.81. The third kappa shape index (κ3) is 1.66. The molecule has 4 nitrogen and oxygen atoms in total. The first-order valence-corrected chi connectivity index (χ1v) is 5.67. The predicted octanol–water partition coefficient (Wildman–Crippen LogP) is 1.10. The monoisotopic (exact) mass is 213 g/mol. The molecule has 0 radical (unpaired) electrons. The molecule has 0 aromatic carbocycles. The molecule has 2 fully saturated rings. The molecule has 2 heterocycles. The minimum Gasteiger partial charge on any atom is -0.480 e. The van der Waals surface area contributed by atoms with Gasteiger partial charge < -0.3 is 9.84 Å². The van der Waals surface area contributed by atoms with Crippen molar-refractivity contribution >= 4 is 5.97 Å². The Morgan fingerprint density at radius 2 is 2.33 bits per heavy atom. The van der Waals surface area contributed by atoms with Crippen LogP contribution >= 0.6 is 0 Å². The number of hydrogen-bond acceptors (Lipinski definition) is 3. The molecule has 0 aromatic heterocycles. The van der Waals surface area contributed by atoms with Gasteiger partial charge in [0.05, 0.1) is 6.10 Å². The number of ether oxygens (including phenoxy) is 1. The highest BCUT2D eigenvalue weighted by molar-refractivity contribution is 5.78. The van der Waals surface area contributed by atoms with E-state index >= 15 is 0 Å². The fourth-order valence-electron chi connectivity index (χ4n) is 2.88.